The Hall–Kier alpha value is -3.16. The van der Waals surface area contributed by atoms with Crippen LogP contribution in [0.5, 0.6) is 0 Å². The van der Waals surface area contributed by atoms with E-state index in [0.717, 1.165) is 36.8 Å². The molecule has 176 valence electrons. The standard InChI is InChI=1S/C25H32N4O4/c1-16-5-9-18(10-6-16)14-28-22(30)21-13-20(23(31)33-4)27-29(21)15-25(28,3)24(32)26-19-11-7-17(2)8-12-19/h5-6,9-10,13,17,19H,7-8,11-12,14-15H2,1-4H3,(H,26,32). The number of amides is 2. The molecular weight excluding hydrogens is 420 g/mol. The lowest BCUT2D eigenvalue weighted by Crippen LogP contribution is -2.64. The summed E-state index contributed by atoms with van der Waals surface area (Å²) in [4.78, 5) is 40.9. The molecule has 1 atom stereocenters. The molecule has 1 aliphatic heterocycles. The number of methoxy groups -OCH3 is 1. The van der Waals surface area contributed by atoms with Crippen molar-refractivity contribution < 1.29 is 19.1 Å². The minimum Gasteiger partial charge on any atom is -0.464 e. The van der Waals surface area contributed by atoms with Gasteiger partial charge in [-0.25, -0.2) is 4.79 Å². The second-order valence-corrected chi connectivity index (χ2v) is 9.65. The average Bonchev–Trinajstić information content (AvgIpc) is 3.22. The van der Waals surface area contributed by atoms with Crippen LogP contribution in [0.4, 0.5) is 0 Å². The van der Waals surface area contributed by atoms with Gasteiger partial charge in [-0.05, 0) is 51.0 Å². The molecule has 1 N–H and O–H groups in total. The summed E-state index contributed by atoms with van der Waals surface area (Å²) in [6, 6.07) is 9.46. The zero-order chi connectivity index (χ0) is 23.8. The zero-order valence-electron chi connectivity index (χ0n) is 19.8. The molecule has 1 aliphatic carbocycles. The Morgan fingerprint density at radius 3 is 2.48 bits per heavy atom. The van der Waals surface area contributed by atoms with Crippen LogP contribution in [0, 0.1) is 12.8 Å². The maximum Gasteiger partial charge on any atom is 0.358 e. The van der Waals surface area contributed by atoms with Crippen molar-refractivity contribution in [3.63, 3.8) is 0 Å². The second kappa shape index (κ2) is 9.00. The van der Waals surface area contributed by atoms with E-state index in [4.69, 9.17) is 4.74 Å². The topological polar surface area (TPSA) is 93.5 Å². The fraction of sp³-hybridized carbons (Fsp3) is 0.520. The van der Waals surface area contributed by atoms with E-state index in [0.29, 0.717) is 5.92 Å². The lowest BCUT2D eigenvalue weighted by molar-refractivity contribution is -0.134. The smallest absolute Gasteiger partial charge is 0.358 e. The van der Waals surface area contributed by atoms with Gasteiger partial charge in [0.25, 0.3) is 5.91 Å². The molecule has 33 heavy (non-hydrogen) atoms. The first-order valence-electron chi connectivity index (χ1n) is 11.6. The van der Waals surface area contributed by atoms with Crippen molar-refractivity contribution in [1.82, 2.24) is 20.0 Å². The van der Waals surface area contributed by atoms with Crippen molar-refractivity contribution >= 4 is 17.8 Å². The lowest BCUT2D eigenvalue weighted by atomic mass is 9.86. The maximum absolute atomic E-state index is 13.6. The number of hydrogen-bond donors (Lipinski definition) is 1. The Morgan fingerprint density at radius 1 is 1.18 bits per heavy atom. The largest absolute Gasteiger partial charge is 0.464 e. The van der Waals surface area contributed by atoms with Gasteiger partial charge in [-0.1, -0.05) is 36.8 Å². The number of hydrogen-bond acceptors (Lipinski definition) is 5. The number of fused-ring (bicyclic) bond motifs is 1. The summed E-state index contributed by atoms with van der Waals surface area (Å²) in [6.45, 7) is 6.46. The third-order valence-electron chi connectivity index (χ3n) is 6.99. The molecule has 0 radical (unpaired) electrons. The number of benzene rings is 1. The number of aryl methyl sites for hydroxylation is 1. The molecule has 2 amide bonds. The Labute approximate surface area is 194 Å². The van der Waals surface area contributed by atoms with Crippen LogP contribution in [0.25, 0.3) is 0 Å². The van der Waals surface area contributed by atoms with Gasteiger partial charge in [-0.2, -0.15) is 5.10 Å². The molecule has 1 fully saturated rings. The molecule has 2 aromatic rings. The summed E-state index contributed by atoms with van der Waals surface area (Å²) in [6.07, 6.45) is 4.04. The number of carbonyl (C=O) groups excluding carboxylic acids is 3. The van der Waals surface area contributed by atoms with Gasteiger partial charge >= 0.3 is 5.97 Å². The van der Waals surface area contributed by atoms with E-state index in [1.54, 1.807) is 11.8 Å². The zero-order valence-corrected chi connectivity index (χ0v) is 19.8. The van der Waals surface area contributed by atoms with Crippen LogP contribution in [-0.4, -0.2) is 51.2 Å². The van der Waals surface area contributed by atoms with E-state index in [2.05, 4.69) is 17.3 Å². The molecule has 0 bridgehead atoms. The van der Waals surface area contributed by atoms with Gasteiger partial charge in [0.1, 0.15) is 11.2 Å². The van der Waals surface area contributed by atoms with E-state index < -0.39 is 11.5 Å². The van der Waals surface area contributed by atoms with Crippen molar-refractivity contribution in [2.24, 2.45) is 5.92 Å². The molecule has 8 heteroatoms. The van der Waals surface area contributed by atoms with Crippen molar-refractivity contribution in [3.8, 4) is 0 Å². The van der Waals surface area contributed by atoms with Crippen molar-refractivity contribution in [2.45, 2.75) is 71.1 Å². The van der Waals surface area contributed by atoms with Crippen LogP contribution in [0.15, 0.2) is 30.3 Å². The SMILES string of the molecule is COC(=O)c1cc2n(n1)CC(C)(C(=O)NC1CCC(C)CC1)N(Cc1ccc(C)cc1)C2=O. The van der Waals surface area contributed by atoms with Crippen molar-refractivity contribution in [1.29, 1.82) is 0 Å². The monoisotopic (exact) mass is 452 g/mol. The number of aromatic nitrogens is 2. The van der Waals surface area contributed by atoms with Crippen molar-refractivity contribution in [3.05, 3.63) is 52.8 Å². The normalized spacial score (nSPS) is 24.8. The first-order valence-corrected chi connectivity index (χ1v) is 11.6. The van der Waals surface area contributed by atoms with Gasteiger partial charge in [0.15, 0.2) is 5.69 Å². The van der Waals surface area contributed by atoms with Gasteiger partial charge in [-0.15, -0.1) is 0 Å². The van der Waals surface area contributed by atoms with Crippen LogP contribution in [0.1, 0.15) is 71.6 Å². The van der Waals surface area contributed by atoms with Crippen molar-refractivity contribution in [2.75, 3.05) is 7.11 Å². The number of ether oxygens (including phenoxy) is 1. The highest BCUT2D eigenvalue weighted by molar-refractivity contribution is 6.01. The van der Waals surface area contributed by atoms with Gasteiger partial charge in [0.05, 0.1) is 13.7 Å². The summed E-state index contributed by atoms with van der Waals surface area (Å²) in [5, 5.41) is 7.48. The first-order chi connectivity index (χ1) is 15.7. The van der Waals surface area contributed by atoms with Gasteiger partial charge in [0.2, 0.25) is 5.91 Å². The van der Waals surface area contributed by atoms with Crippen LogP contribution in [0.3, 0.4) is 0 Å². The maximum atomic E-state index is 13.6. The quantitative estimate of drug-likeness (QED) is 0.704. The number of nitrogens with zero attached hydrogens (tertiary/aromatic N) is 3. The molecule has 2 aliphatic rings. The highest BCUT2D eigenvalue weighted by Gasteiger charge is 2.48. The third kappa shape index (κ3) is 4.51. The summed E-state index contributed by atoms with van der Waals surface area (Å²) < 4.78 is 6.23. The molecule has 0 saturated heterocycles. The van der Waals surface area contributed by atoms with Crippen LogP contribution < -0.4 is 5.32 Å². The fourth-order valence-corrected chi connectivity index (χ4v) is 4.72. The van der Waals surface area contributed by atoms with Crippen LogP contribution in [-0.2, 0) is 22.6 Å². The van der Waals surface area contributed by atoms with E-state index in [9.17, 15) is 14.4 Å². The van der Waals surface area contributed by atoms with E-state index in [1.165, 1.54) is 17.9 Å². The lowest BCUT2D eigenvalue weighted by Gasteiger charge is -2.44. The van der Waals surface area contributed by atoms with Gasteiger partial charge < -0.3 is 15.0 Å². The Kier molecular flexibility index (Phi) is 6.28. The Balaban J connectivity index is 1.66. The third-order valence-corrected chi connectivity index (χ3v) is 6.99. The Morgan fingerprint density at radius 2 is 1.85 bits per heavy atom. The predicted octanol–water partition coefficient (Wildman–Crippen LogP) is 3.09. The average molecular weight is 453 g/mol. The summed E-state index contributed by atoms with van der Waals surface area (Å²) in [5.41, 5.74) is 1.23. The minimum atomic E-state index is -1.16. The van der Waals surface area contributed by atoms with E-state index in [1.807, 2.05) is 31.2 Å². The molecule has 1 aromatic carbocycles. The molecule has 0 spiro atoms. The Bertz CT molecular complexity index is 1050. The number of esters is 1. The molecule has 8 nitrogen and oxygen atoms in total. The van der Waals surface area contributed by atoms with E-state index in [-0.39, 0.29) is 42.3 Å². The molecule has 1 unspecified atom stereocenters. The van der Waals surface area contributed by atoms with Gasteiger partial charge in [0, 0.05) is 18.7 Å². The highest BCUT2D eigenvalue weighted by atomic mass is 16.5. The number of nitrogens with one attached hydrogen (secondary N) is 1. The molecular formula is C25H32N4O4. The molecule has 4 rings (SSSR count). The van der Waals surface area contributed by atoms with E-state index >= 15 is 0 Å². The number of carbonyl (C=O) groups is 3. The molecule has 1 aromatic heterocycles. The highest BCUT2D eigenvalue weighted by Crippen LogP contribution is 2.31. The first kappa shape index (κ1) is 23.0. The summed E-state index contributed by atoms with van der Waals surface area (Å²) in [5.74, 6) is -0.466. The number of rotatable bonds is 5. The minimum absolute atomic E-state index is 0.0575. The molecule has 1 saturated carbocycles. The predicted molar refractivity (Wildman–Crippen MR) is 123 cm³/mol. The van der Waals surface area contributed by atoms with Gasteiger partial charge in [-0.3, -0.25) is 14.3 Å². The molecule has 2 heterocycles. The fourth-order valence-electron chi connectivity index (χ4n) is 4.72. The van der Waals surface area contributed by atoms with Crippen LogP contribution >= 0.6 is 0 Å². The van der Waals surface area contributed by atoms with Crippen LogP contribution in [0.2, 0.25) is 0 Å². The second-order valence-electron chi connectivity index (χ2n) is 9.65. The summed E-state index contributed by atoms with van der Waals surface area (Å²) >= 11 is 0. The summed E-state index contributed by atoms with van der Waals surface area (Å²) in [7, 11) is 1.27.